The number of non-ortho nitro benzene ring substituents is 1. The van der Waals surface area contributed by atoms with Gasteiger partial charge in [-0.15, -0.1) is 0 Å². The molecule has 0 radical (unpaired) electrons. The Hall–Kier alpha value is -3.19. The summed E-state index contributed by atoms with van der Waals surface area (Å²) in [6.07, 6.45) is 1.20. The lowest BCUT2D eigenvalue weighted by molar-refractivity contribution is -0.384. The number of nitrogens with one attached hydrogen (secondary N) is 1. The average Bonchev–Trinajstić information content (AvgIpc) is 2.55. The van der Waals surface area contributed by atoms with Gasteiger partial charge in [0.15, 0.2) is 0 Å². The molecule has 0 amide bonds. The minimum atomic E-state index is -0.536. The number of aromatic nitrogens is 2. The first-order valence-corrected chi connectivity index (χ1v) is 7.17. The van der Waals surface area contributed by atoms with Gasteiger partial charge in [-0.2, -0.15) is 0 Å². The van der Waals surface area contributed by atoms with Crippen molar-refractivity contribution in [1.29, 1.82) is 0 Å². The number of aliphatic hydroxyl groups excluding tert-OH is 1. The van der Waals surface area contributed by atoms with E-state index in [1.54, 1.807) is 18.2 Å². The maximum absolute atomic E-state index is 12.0. The van der Waals surface area contributed by atoms with Crippen molar-refractivity contribution >= 4 is 40.2 Å². The standard InChI is InChI=1S/C16H10ClN3O4/c17-10-3-6-12-13(7-10)19-16(22)14(18-12)8-15(21)9-1-4-11(5-2-9)20(23)24/h1-8,21H,(H,19,22). The molecule has 8 heteroatoms. The molecule has 1 heterocycles. The van der Waals surface area contributed by atoms with Crippen LogP contribution in [-0.2, 0) is 0 Å². The third-order valence-corrected chi connectivity index (χ3v) is 3.56. The summed E-state index contributed by atoms with van der Waals surface area (Å²) in [6.45, 7) is 0. The van der Waals surface area contributed by atoms with E-state index in [1.165, 1.54) is 30.3 Å². The van der Waals surface area contributed by atoms with Gasteiger partial charge in [-0.25, -0.2) is 4.98 Å². The number of nitro groups is 1. The Bertz CT molecular complexity index is 1030. The molecule has 0 bridgehead atoms. The van der Waals surface area contributed by atoms with Gasteiger partial charge in [0, 0.05) is 28.8 Å². The number of aromatic amines is 1. The van der Waals surface area contributed by atoms with E-state index in [2.05, 4.69) is 9.97 Å². The van der Waals surface area contributed by atoms with E-state index in [1.807, 2.05) is 0 Å². The van der Waals surface area contributed by atoms with Gasteiger partial charge in [-0.1, -0.05) is 11.6 Å². The summed E-state index contributed by atoms with van der Waals surface area (Å²) in [5, 5.41) is 21.2. The third kappa shape index (κ3) is 3.11. The van der Waals surface area contributed by atoms with Crippen molar-refractivity contribution in [2.75, 3.05) is 0 Å². The first kappa shape index (κ1) is 15.7. The molecule has 120 valence electrons. The maximum atomic E-state index is 12.0. The Morgan fingerprint density at radius 1 is 1.25 bits per heavy atom. The predicted molar refractivity (Wildman–Crippen MR) is 91.0 cm³/mol. The van der Waals surface area contributed by atoms with E-state index in [-0.39, 0.29) is 17.1 Å². The Morgan fingerprint density at radius 2 is 1.96 bits per heavy atom. The molecule has 1 aromatic heterocycles. The van der Waals surface area contributed by atoms with Crippen LogP contribution in [0.15, 0.2) is 47.3 Å². The molecule has 0 spiro atoms. The molecule has 3 rings (SSSR count). The highest BCUT2D eigenvalue weighted by atomic mass is 35.5. The molecule has 0 unspecified atom stereocenters. The van der Waals surface area contributed by atoms with Gasteiger partial charge >= 0.3 is 0 Å². The molecule has 0 saturated heterocycles. The number of H-pyrrole nitrogens is 1. The Balaban J connectivity index is 2.02. The van der Waals surface area contributed by atoms with Gasteiger partial charge in [0.05, 0.1) is 16.0 Å². The number of rotatable bonds is 3. The van der Waals surface area contributed by atoms with Crippen LogP contribution in [0.2, 0.25) is 5.02 Å². The molecule has 0 aliphatic carbocycles. The first-order chi connectivity index (χ1) is 11.4. The summed E-state index contributed by atoms with van der Waals surface area (Å²) in [5.74, 6) is -0.226. The zero-order valence-corrected chi connectivity index (χ0v) is 12.8. The molecule has 2 aromatic carbocycles. The molecule has 3 aromatic rings. The van der Waals surface area contributed by atoms with Crippen LogP contribution in [0.25, 0.3) is 22.9 Å². The lowest BCUT2D eigenvalue weighted by Crippen LogP contribution is -2.12. The summed E-state index contributed by atoms with van der Waals surface area (Å²) in [6, 6.07) is 10.2. The van der Waals surface area contributed by atoms with Crippen LogP contribution in [0, 0.1) is 10.1 Å². The van der Waals surface area contributed by atoms with Crippen molar-refractivity contribution in [1.82, 2.24) is 9.97 Å². The fourth-order valence-electron chi connectivity index (χ4n) is 2.14. The first-order valence-electron chi connectivity index (χ1n) is 6.79. The quantitative estimate of drug-likeness (QED) is 0.429. The van der Waals surface area contributed by atoms with Gasteiger partial charge in [0.1, 0.15) is 11.5 Å². The Labute approximate surface area is 140 Å². The van der Waals surface area contributed by atoms with E-state index < -0.39 is 10.5 Å². The largest absolute Gasteiger partial charge is 0.507 e. The van der Waals surface area contributed by atoms with E-state index >= 15 is 0 Å². The lowest BCUT2D eigenvalue weighted by Gasteiger charge is -2.02. The number of hydrogen-bond donors (Lipinski definition) is 2. The zero-order valence-electron chi connectivity index (χ0n) is 12.1. The number of fused-ring (bicyclic) bond motifs is 1. The van der Waals surface area contributed by atoms with Crippen molar-refractivity contribution in [3.63, 3.8) is 0 Å². The fourth-order valence-corrected chi connectivity index (χ4v) is 2.31. The number of aliphatic hydroxyl groups is 1. The lowest BCUT2D eigenvalue weighted by atomic mass is 10.1. The predicted octanol–water partition coefficient (Wildman–Crippen LogP) is 3.54. The second-order valence-corrected chi connectivity index (χ2v) is 5.38. The number of halogens is 1. The van der Waals surface area contributed by atoms with Crippen molar-refractivity contribution < 1.29 is 10.0 Å². The summed E-state index contributed by atoms with van der Waals surface area (Å²) < 4.78 is 0. The highest BCUT2D eigenvalue weighted by Gasteiger charge is 2.08. The van der Waals surface area contributed by atoms with Gasteiger partial charge in [0.2, 0.25) is 0 Å². The van der Waals surface area contributed by atoms with Crippen molar-refractivity contribution in [3.8, 4) is 0 Å². The molecule has 0 fully saturated rings. The summed E-state index contributed by atoms with van der Waals surface area (Å²) >= 11 is 5.86. The van der Waals surface area contributed by atoms with Crippen LogP contribution in [0.1, 0.15) is 11.3 Å². The highest BCUT2D eigenvalue weighted by molar-refractivity contribution is 6.31. The second kappa shape index (κ2) is 6.13. The minimum Gasteiger partial charge on any atom is -0.507 e. The maximum Gasteiger partial charge on any atom is 0.274 e. The highest BCUT2D eigenvalue weighted by Crippen LogP contribution is 2.19. The molecule has 24 heavy (non-hydrogen) atoms. The molecule has 2 N–H and O–H groups in total. The van der Waals surface area contributed by atoms with Gasteiger partial charge in [-0.3, -0.25) is 14.9 Å². The molecule has 0 aliphatic rings. The summed E-state index contributed by atoms with van der Waals surface area (Å²) in [7, 11) is 0. The number of nitrogens with zero attached hydrogens (tertiary/aromatic N) is 2. The smallest absolute Gasteiger partial charge is 0.274 e. The van der Waals surface area contributed by atoms with Gasteiger partial charge in [0.25, 0.3) is 11.2 Å². The third-order valence-electron chi connectivity index (χ3n) is 3.33. The van der Waals surface area contributed by atoms with E-state index in [4.69, 9.17) is 11.6 Å². The molecular formula is C16H10ClN3O4. The van der Waals surface area contributed by atoms with Crippen LogP contribution >= 0.6 is 11.6 Å². The molecule has 0 saturated carbocycles. The number of benzene rings is 2. The van der Waals surface area contributed by atoms with Crippen molar-refractivity contribution in [2.45, 2.75) is 0 Å². The molecule has 7 nitrogen and oxygen atoms in total. The monoisotopic (exact) mass is 343 g/mol. The number of nitro benzene ring substituents is 1. The van der Waals surface area contributed by atoms with Crippen molar-refractivity contribution in [3.05, 3.63) is 79.2 Å². The minimum absolute atomic E-state index is 0.0145. The number of hydrogen-bond acceptors (Lipinski definition) is 5. The van der Waals surface area contributed by atoms with E-state index in [0.29, 0.717) is 21.6 Å². The fraction of sp³-hybridized carbons (Fsp3) is 0. The molecule has 0 aliphatic heterocycles. The SMILES string of the molecule is O=c1[nH]c2cc(Cl)ccc2nc1C=C(O)c1ccc([N+](=O)[O-])cc1. The zero-order chi connectivity index (χ0) is 17.3. The van der Waals surface area contributed by atoms with Gasteiger partial charge in [-0.05, 0) is 30.3 Å². The van der Waals surface area contributed by atoms with Crippen LogP contribution in [0.5, 0.6) is 0 Å². The summed E-state index contributed by atoms with van der Waals surface area (Å²) in [5.41, 5.74) is 0.767. The van der Waals surface area contributed by atoms with Crippen LogP contribution in [0.3, 0.4) is 0 Å². The Morgan fingerprint density at radius 3 is 2.62 bits per heavy atom. The van der Waals surface area contributed by atoms with Gasteiger partial charge < -0.3 is 10.1 Å². The molecular weight excluding hydrogens is 334 g/mol. The second-order valence-electron chi connectivity index (χ2n) is 4.95. The van der Waals surface area contributed by atoms with E-state index in [9.17, 15) is 20.0 Å². The van der Waals surface area contributed by atoms with E-state index in [0.717, 1.165) is 0 Å². The normalized spacial score (nSPS) is 11.6. The Kier molecular flexibility index (Phi) is 4.01. The molecule has 0 atom stereocenters. The topological polar surface area (TPSA) is 109 Å². The van der Waals surface area contributed by atoms with Crippen LogP contribution < -0.4 is 5.56 Å². The summed E-state index contributed by atoms with van der Waals surface area (Å²) in [4.78, 5) is 29.0. The average molecular weight is 344 g/mol. The van der Waals surface area contributed by atoms with Crippen LogP contribution in [0.4, 0.5) is 5.69 Å². The van der Waals surface area contributed by atoms with Crippen LogP contribution in [-0.4, -0.2) is 20.0 Å². The van der Waals surface area contributed by atoms with Crippen molar-refractivity contribution in [2.24, 2.45) is 0 Å².